The topological polar surface area (TPSA) is 29.5 Å². The first-order valence-electron chi connectivity index (χ1n) is 4.53. The molecule has 0 aromatic heterocycles. The van der Waals surface area contributed by atoms with Gasteiger partial charge in [-0.25, -0.2) is 0 Å². The Morgan fingerprint density at radius 1 is 1.36 bits per heavy atom. The van der Waals surface area contributed by atoms with Crippen molar-refractivity contribution in [3.05, 3.63) is 0 Å². The Morgan fingerprint density at radius 2 is 1.91 bits per heavy atom. The number of hydrogen-bond donors (Lipinski definition) is 1. The Morgan fingerprint density at radius 3 is 2.36 bits per heavy atom. The molecule has 1 saturated heterocycles. The van der Waals surface area contributed by atoms with Crippen molar-refractivity contribution in [1.29, 1.82) is 0 Å². The zero-order valence-corrected chi connectivity index (χ0v) is 7.05. The van der Waals surface area contributed by atoms with Crippen LogP contribution in [0.1, 0.15) is 26.2 Å². The molecule has 1 aliphatic heterocycles. The summed E-state index contributed by atoms with van der Waals surface area (Å²) in [6.07, 6.45) is 3.12. The molecular formula is C9H16O2. The van der Waals surface area contributed by atoms with E-state index in [1.807, 2.05) is 0 Å². The lowest BCUT2D eigenvalue weighted by Gasteiger charge is -2.27. The van der Waals surface area contributed by atoms with Gasteiger partial charge in [-0.2, -0.15) is 0 Å². The molecule has 2 unspecified atom stereocenters. The van der Waals surface area contributed by atoms with E-state index >= 15 is 0 Å². The molecule has 0 amide bonds. The van der Waals surface area contributed by atoms with E-state index in [2.05, 4.69) is 6.92 Å². The molecule has 2 heteroatoms. The van der Waals surface area contributed by atoms with Gasteiger partial charge in [-0.05, 0) is 31.1 Å². The predicted octanol–water partition coefficient (Wildman–Crippen LogP) is 1.18. The summed E-state index contributed by atoms with van der Waals surface area (Å²) < 4.78 is 5.25. The molecule has 1 heterocycles. The van der Waals surface area contributed by atoms with Gasteiger partial charge in [0.1, 0.15) is 0 Å². The highest BCUT2D eigenvalue weighted by Gasteiger charge is 2.54. The van der Waals surface area contributed by atoms with Gasteiger partial charge in [0.05, 0.1) is 5.60 Å². The van der Waals surface area contributed by atoms with E-state index in [1.54, 1.807) is 0 Å². The Bertz CT molecular complexity index is 152. The van der Waals surface area contributed by atoms with Crippen molar-refractivity contribution < 1.29 is 9.84 Å². The molecule has 0 aromatic carbocycles. The summed E-state index contributed by atoms with van der Waals surface area (Å²) in [7, 11) is 0. The quantitative estimate of drug-likeness (QED) is 0.618. The van der Waals surface area contributed by atoms with E-state index in [0.717, 1.165) is 32.5 Å². The van der Waals surface area contributed by atoms with E-state index in [4.69, 9.17) is 4.74 Å². The molecule has 0 aromatic rings. The fourth-order valence-corrected chi connectivity index (χ4v) is 2.20. The molecule has 11 heavy (non-hydrogen) atoms. The largest absolute Gasteiger partial charge is 0.389 e. The van der Waals surface area contributed by atoms with Gasteiger partial charge >= 0.3 is 0 Å². The first kappa shape index (κ1) is 7.56. The molecule has 2 nitrogen and oxygen atoms in total. The van der Waals surface area contributed by atoms with Gasteiger partial charge < -0.3 is 9.84 Å². The number of rotatable bonds is 1. The Hall–Kier alpha value is -0.0800. The van der Waals surface area contributed by atoms with Crippen LogP contribution in [0.4, 0.5) is 0 Å². The minimum atomic E-state index is -0.302. The van der Waals surface area contributed by atoms with Gasteiger partial charge in [-0.1, -0.05) is 6.92 Å². The molecule has 2 rings (SSSR count). The van der Waals surface area contributed by atoms with Crippen molar-refractivity contribution in [2.24, 2.45) is 11.8 Å². The van der Waals surface area contributed by atoms with Crippen LogP contribution in [0.5, 0.6) is 0 Å². The van der Waals surface area contributed by atoms with Crippen LogP contribution in [0.2, 0.25) is 0 Å². The Kier molecular flexibility index (Phi) is 1.69. The highest BCUT2D eigenvalue weighted by molar-refractivity contribution is 5.05. The highest BCUT2D eigenvalue weighted by Crippen LogP contribution is 2.51. The van der Waals surface area contributed by atoms with Crippen LogP contribution in [0.3, 0.4) is 0 Å². The van der Waals surface area contributed by atoms with Crippen LogP contribution in [-0.2, 0) is 4.74 Å². The van der Waals surface area contributed by atoms with E-state index in [0.29, 0.717) is 11.8 Å². The molecular weight excluding hydrogens is 140 g/mol. The molecule has 1 saturated carbocycles. The van der Waals surface area contributed by atoms with E-state index < -0.39 is 0 Å². The Labute approximate surface area is 67.6 Å². The summed E-state index contributed by atoms with van der Waals surface area (Å²) in [5.74, 6) is 1.05. The standard InChI is InChI=1S/C9H16O2/c1-7-6-9(7,10)8-2-4-11-5-3-8/h7-8,10H,2-6H2,1H3. The molecule has 0 radical (unpaired) electrons. The number of aliphatic hydroxyl groups is 1. The van der Waals surface area contributed by atoms with Crippen LogP contribution >= 0.6 is 0 Å². The molecule has 2 fully saturated rings. The second-order valence-corrected chi connectivity index (χ2v) is 3.98. The second-order valence-electron chi connectivity index (χ2n) is 3.98. The van der Waals surface area contributed by atoms with Crippen molar-refractivity contribution in [1.82, 2.24) is 0 Å². The first-order chi connectivity index (χ1) is 5.23. The summed E-state index contributed by atoms with van der Waals surface area (Å²) in [6, 6.07) is 0. The Balaban J connectivity index is 1.94. The van der Waals surface area contributed by atoms with Crippen molar-refractivity contribution in [3.8, 4) is 0 Å². The minimum Gasteiger partial charge on any atom is -0.389 e. The van der Waals surface area contributed by atoms with E-state index in [1.165, 1.54) is 0 Å². The fraction of sp³-hybridized carbons (Fsp3) is 1.00. The summed E-state index contributed by atoms with van der Waals surface area (Å²) in [5, 5.41) is 9.97. The molecule has 64 valence electrons. The highest BCUT2D eigenvalue weighted by atomic mass is 16.5. The summed E-state index contributed by atoms with van der Waals surface area (Å²) in [4.78, 5) is 0. The summed E-state index contributed by atoms with van der Waals surface area (Å²) in [6.45, 7) is 3.83. The summed E-state index contributed by atoms with van der Waals surface area (Å²) >= 11 is 0. The number of ether oxygens (including phenoxy) is 1. The molecule has 1 aliphatic carbocycles. The van der Waals surface area contributed by atoms with Crippen molar-refractivity contribution in [2.45, 2.75) is 31.8 Å². The van der Waals surface area contributed by atoms with Gasteiger partial charge in [-0.3, -0.25) is 0 Å². The van der Waals surface area contributed by atoms with Crippen molar-refractivity contribution in [2.75, 3.05) is 13.2 Å². The second kappa shape index (κ2) is 2.46. The smallest absolute Gasteiger partial charge is 0.0707 e. The monoisotopic (exact) mass is 156 g/mol. The van der Waals surface area contributed by atoms with E-state index in [9.17, 15) is 5.11 Å². The third-order valence-electron chi connectivity index (χ3n) is 3.25. The van der Waals surface area contributed by atoms with Crippen LogP contribution < -0.4 is 0 Å². The van der Waals surface area contributed by atoms with Crippen molar-refractivity contribution >= 4 is 0 Å². The van der Waals surface area contributed by atoms with Gasteiger partial charge in [-0.15, -0.1) is 0 Å². The first-order valence-corrected chi connectivity index (χ1v) is 4.53. The molecule has 2 atom stereocenters. The predicted molar refractivity (Wildman–Crippen MR) is 42.3 cm³/mol. The molecule has 1 N–H and O–H groups in total. The third kappa shape index (κ3) is 1.18. The van der Waals surface area contributed by atoms with E-state index in [-0.39, 0.29) is 5.60 Å². The van der Waals surface area contributed by atoms with Gasteiger partial charge in [0.25, 0.3) is 0 Å². The van der Waals surface area contributed by atoms with Crippen LogP contribution in [0, 0.1) is 11.8 Å². The zero-order chi connectivity index (χ0) is 7.90. The minimum absolute atomic E-state index is 0.302. The van der Waals surface area contributed by atoms with Gasteiger partial charge in [0.2, 0.25) is 0 Å². The lowest BCUT2D eigenvalue weighted by atomic mass is 9.90. The summed E-state index contributed by atoms with van der Waals surface area (Å²) in [5.41, 5.74) is -0.302. The van der Waals surface area contributed by atoms with Crippen LogP contribution in [0.15, 0.2) is 0 Å². The maximum atomic E-state index is 9.97. The SMILES string of the molecule is CC1CC1(O)C1CCOCC1. The number of hydrogen-bond acceptors (Lipinski definition) is 2. The maximum absolute atomic E-state index is 9.97. The van der Waals surface area contributed by atoms with Gasteiger partial charge in [0.15, 0.2) is 0 Å². The van der Waals surface area contributed by atoms with Crippen LogP contribution in [-0.4, -0.2) is 23.9 Å². The fourth-order valence-electron chi connectivity index (χ4n) is 2.20. The lowest BCUT2D eigenvalue weighted by Crippen LogP contribution is -2.30. The molecule has 0 spiro atoms. The molecule has 0 bridgehead atoms. The third-order valence-corrected chi connectivity index (χ3v) is 3.25. The maximum Gasteiger partial charge on any atom is 0.0707 e. The molecule has 2 aliphatic rings. The zero-order valence-electron chi connectivity index (χ0n) is 7.05. The van der Waals surface area contributed by atoms with Crippen LogP contribution in [0.25, 0.3) is 0 Å². The normalized spacial score (nSPS) is 45.8. The van der Waals surface area contributed by atoms with Gasteiger partial charge in [0, 0.05) is 13.2 Å². The van der Waals surface area contributed by atoms with Crippen molar-refractivity contribution in [3.63, 3.8) is 0 Å². The average Bonchev–Trinajstić information content (AvgIpc) is 2.64. The average molecular weight is 156 g/mol. The lowest BCUT2D eigenvalue weighted by molar-refractivity contribution is -0.0121.